The van der Waals surface area contributed by atoms with E-state index in [1.54, 1.807) is 24.3 Å². The normalized spacial score (nSPS) is 10.9. The molecule has 0 radical (unpaired) electrons. The molecule has 0 bridgehead atoms. The van der Waals surface area contributed by atoms with Crippen molar-refractivity contribution in [1.29, 1.82) is 0 Å². The Hall–Kier alpha value is -2.81. The summed E-state index contributed by atoms with van der Waals surface area (Å²) in [5.74, 6) is 0.598. The summed E-state index contributed by atoms with van der Waals surface area (Å²) in [6.07, 6.45) is 0. The average molecular weight is 352 g/mol. The molecule has 0 spiro atoms. The van der Waals surface area contributed by atoms with Crippen molar-refractivity contribution in [2.45, 2.75) is 11.8 Å². The second-order valence-corrected chi connectivity index (χ2v) is 6.34. The van der Waals surface area contributed by atoms with Crippen LogP contribution < -0.4 is 14.2 Å². The number of rotatable bonds is 7. The molecule has 0 aromatic heterocycles. The standard InChI is InChI=1S/C15H16N2O6S/c1-3-23-12-6-4-11(5-7-12)16-24(20,21)13-8-9-15(22-2)14(10-13)17(18)19/h4-10,16H,3H2,1-2H3. The van der Waals surface area contributed by atoms with Gasteiger partial charge in [0.15, 0.2) is 5.75 Å². The molecule has 2 rings (SSSR count). The van der Waals surface area contributed by atoms with E-state index in [9.17, 15) is 18.5 Å². The van der Waals surface area contributed by atoms with Gasteiger partial charge in [-0.3, -0.25) is 14.8 Å². The zero-order valence-electron chi connectivity index (χ0n) is 13.1. The predicted molar refractivity (Wildman–Crippen MR) is 88.1 cm³/mol. The number of nitro benzene ring substituents is 1. The molecule has 24 heavy (non-hydrogen) atoms. The van der Waals surface area contributed by atoms with Gasteiger partial charge in [-0.1, -0.05) is 0 Å². The SMILES string of the molecule is CCOc1ccc(NS(=O)(=O)c2ccc(OC)c([N+](=O)[O-])c2)cc1. The summed E-state index contributed by atoms with van der Waals surface area (Å²) < 4.78 is 37.3. The zero-order valence-corrected chi connectivity index (χ0v) is 13.9. The second kappa shape index (κ2) is 7.18. The molecule has 0 aliphatic carbocycles. The number of ether oxygens (including phenoxy) is 2. The number of anilines is 1. The van der Waals surface area contributed by atoms with E-state index in [-0.39, 0.29) is 10.6 Å². The topological polar surface area (TPSA) is 108 Å². The predicted octanol–water partition coefficient (Wildman–Crippen LogP) is 2.80. The molecule has 1 N–H and O–H groups in total. The first-order chi connectivity index (χ1) is 11.4. The van der Waals surface area contributed by atoms with Crippen LogP contribution in [0.25, 0.3) is 0 Å². The molecule has 0 aliphatic heterocycles. The molecule has 0 amide bonds. The third-order valence-electron chi connectivity index (χ3n) is 3.07. The molecule has 0 aliphatic rings. The van der Waals surface area contributed by atoms with Gasteiger partial charge < -0.3 is 9.47 Å². The van der Waals surface area contributed by atoms with Crippen molar-refractivity contribution in [2.75, 3.05) is 18.4 Å². The van der Waals surface area contributed by atoms with Crippen LogP contribution in [-0.4, -0.2) is 27.1 Å². The van der Waals surface area contributed by atoms with E-state index >= 15 is 0 Å². The minimum absolute atomic E-state index is 0.0139. The molecule has 0 saturated carbocycles. The molecule has 0 atom stereocenters. The van der Waals surface area contributed by atoms with Crippen LogP contribution in [0.4, 0.5) is 11.4 Å². The molecular weight excluding hydrogens is 336 g/mol. The molecule has 0 unspecified atom stereocenters. The smallest absolute Gasteiger partial charge is 0.312 e. The summed E-state index contributed by atoms with van der Waals surface area (Å²) in [5, 5.41) is 11.0. The summed E-state index contributed by atoms with van der Waals surface area (Å²) in [6, 6.07) is 9.76. The van der Waals surface area contributed by atoms with Gasteiger partial charge in [-0.15, -0.1) is 0 Å². The third kappa shape index (κ3) is 3.93. The number of methoxy groups -OCH3 is 1. The Morgan fingerprint density at radius 3 is 2.38 bits per heavy atom. The lowest BCUT2D eigenvalue weighted by molar-refractivity contribution is -0.386. The number of nitro groups is 1. The Balaban J connectivity index is 2.30. The summed E-state index contributed by atoms with van der Waals surface area (Å²) >= 11 is 0. The largest absolute Gasteiger partial charge is 0.494 e. The summed E-state index contributed by atoms with van der Waals surface area (Å²) in [4.78, 5) is 10.1. The maximum atomic E-state index is 12.4. The minimum Gasteiger partial charge on any atom is -0.494 e. The molecule has 2 aromatic rings. The van der Waals surface area contributed by atoms with Gasteiger partial charge in [-0.25, -0.2) is 8.42 Å². The second-order valence-electron chi connectivity index (χ2n) is 4.65. The lowest BCUT2D eigenvalue weighted by Gasteiger charge is -2.10. The van der Waals surface area contributed by atoms with Crippen LogP contribution in [0.5, 0.6) is 11.5 Å². The van der Waals surface area contributed by atoms with E-state index in [4.69, 9.17) is 9.47 Å². The fraction of sp³-hybridized carbons (Fsp3) is 0.200. The van der Waals surface area contributed by atoms with Crippen molar-refractivity contribution in [3.63, 3.8) is 0 Å². The lowest BCUT2D eigenvalue weighted by Crippen LogP contribution is -2.13. The molecule has 0 fully saturated rings. The first-order valence-electron chi connectivity index (χ1n) is 6.95. The highest BCUT2D eigenvalue weighted by atomic mass is 32.2. The van der Waals surface area contributed by atoms with Crippen LogP contribution in [0.1, 0.15) is 6.92 Å². The average Bonchev–Trinajstić information content (AvgIpc) is 2.56. The van der Waals surface area contributed by atoms with Crippen LogP contribution in [0.15, 0.2) is 47.4 Å². The van der Waals surface area contributed by atoms with Gasteiger partial charge in [-0.05, 0) is 43.3 Å². The highest BCUT2D eigenvalue weighted by Gasteiger charge is 2.22. The Labute approximate surface area is 139 Å². The molecular formula is C15H16N2O6S. The number of sulfonamides is 1. The van der Waals surface area contributed by atoms with Crippen LogP contribution in [0.3, 0.4) is 0 Å². The fourth-order valence-electron chi connectivity index (χ4n) is 1.98. The Bertz CT molecular complexity index is 834. The number of hydrogen-bond donors (Lipinski definition) is 1. The molecule has 0 heterocycles. The Morgan fingerprint density at radius 1 is 1.17 bits per heavy atom. The van der Waals surface area contributed by atoms with Gasteiger partial charge in [0.05, 0.1) is 23.5 Å². The van der Waals surface area contributed by atoms with Gasteiger partial charge in [0.25, 0.3) is 10.0 Å². The summed E-state index contributed by atoms with van der Waals surface area (Å²) in [6.45, 7) is 2.34. The maximum absolute atomic E-state index is 12.4. The minimum atomic E-state index is -3.97. The fourth-order valence-corrected chi connectivity index (χ4v) is 3.06. The van der Waals surface area contributed by atoms with Gasteiger partial charge in [0.1, 0.15) is 5.75 Å². The van der Waals surface area contributed by atoms with E-state index < -0.39 is 20.6 Å². The number of nitrogens with zero attached hydrogens (tertiary/aromatic N) is 1. The summed E-state index contributed by atoms with van der Waals surface area (Å²) in [7, 11) is -2.70. The van der Waals surface area contributed by atoms with Crippen molar-refractivity contribution < 1.29 is 22.8 Å². The number of benzene rings is 2. The zero-order chi connectivity index (χ0) is 17.7. The molecule has 0 saturated heterocycles. The summed E-state index contributed by atoms with van der Waals surface area (Å²) in [5.41, 5.74) is -0.107. The van der Waals surface area contributed by atoms with Crippen LogP contribution >= 0.6 is 0 Å². The van der Waals surface area contributed by atoms with E-state index in [0.29, 0.717) is 18.0 Å². The Morgan fingerprint density at radius 2 is 1.83 bits per heavy atom. The molecule has 128 valence electrons. The van der Waals surface area contributed by atoms with E-state index in [1.807, 2.05) is 6.92 Å². The van der Waals surface area contributed by atoms with E-state index in [0.717, 1.165) is 6.07 Å². The number of hydrogen-bond acceptors (Lipinski definition) is 6. The highest BCUT2D eigenvalue weighted by Crippen LogP contribution is 2.30. The van der Waals surface area contributed by atoms with Crippen molar-refractivity contribution >= 4 is 21.4 Å². The monoisotopic (exact) mass is 352 g/mol. The third-order valence-corrected chi connectivity index (χ3v) is 4.45. The molecule has 8 nitrogen and oxygen atoms in total. The van der Waals surface area contributed by atoms with Crippen LogP contribution in [0.2, 0.25) is 0 Å². The first-order valence-corrected chi connectivity index (χ1v) is 8.44. The molecule has 2 aromatic carbocycles. The maximum Gasteiger partial charge on any atom is 0.312 e. The van der Waals surface area contributed by atoms with Crippen molar-refractivity contribution in [3.8, 4) is 11.5 Å². The van der Waals surface area contributed by atoms with Crippen molar-refractivity contribution in [2.24, 2.45) is 0 Å². The van der Waals surface area contributed by atoms with Crippen LogP contribution in [0, 0.1) is 10.1 Å². The lowest BCUT2D eigenvalue weighted by atomic mass is 10.3. The van der Waals surface area contributed by atoms with Gasteiger partial charge >= 0.3 is 5.69 Å². The van der Waals surface area contributed by atoms with Crippen molar-refractivity contribution in [1.82, 2.24) is 0 Å². The van der Waals surface area contributed by atoms with E-state index in [2.05, 4.69) is 4.72 Å². The quantitative estimate of drug-likeness (QED) is 0.606. The van der Waals surface area contributed by atoms with E-state index in [1.165, 1.54) is 19.2 Å². The molecule has 9 heteroatoms. The van der Waals surface area contributed by atoms with Crippen LogP contribution in [-0.2, 0) is 10.0 Å². The number of nitrogens with one attached hydrogen (secondary N) is 1. The first kappa shape index (κ1) is 17.5. The van der Waals surface area contributed by atoms with Crippen molar-refractivity contribution in [3.05, 3.63) is 52.6 Å². The van der Waals surface area contributed by atoms with Gasteiger partial charge in [0.2, 0.25) is 0 Å². The van der Waals surface area contributed by atoms with Gasteiger partial charge in [0, 0.05) is 11.8 Å². The van der Waals surface area contributed by atoms with Gasteiger partial charge in [-0.2, -0.15) is 0 Å². The highest BCUT2D eigenvalue weighted by molar-refractivity contribution is 7.92. The Kier molecular flexibility index (Phi) is 5.24.